The van der Waals surface area contributed by atoms with Crippen molar-refractivity contribution in [1.82, 2.24) is 0 Å². The van der Waals surface area contributed by atoms with Crippen LogP contribution in [0.25, 0.3) is 0 Å². The Hall–Kier alpha value is -0.560. The van der Waals surface area contributed by atoms with Crippen molar-refractivity contribution >= 4 is 0 Å². The molecule has 0 radical (unpaired) electrons. The van der Waals surface area contributed by atoms with Crippen LogP contribution < -0.4 is 0 Å². The standard InChI is InChI=1S/C20H34O/c1-15-7-6-8-16(2)11-13-20(5)14-12-17(19(3,4)21)18(20)10-9-15/h7,11,13,16-18,21H,6,8-10,12,14H2,1-5H3/b13-11+,15-7+/t16-,17-,18?,20+/m1/s1. The summed E-state index contributed by atoms with van der Waals surface area (Å²) < 4.78 is 0. The highest BCUT2D eigenvalue weighted by atomic mass is 16.3. The van der Waals surface area contributed by atoms with E-state index in [1.807, 2.05) is 13.8 Å². The largest absolute Gasteiger partial charge is 0.390 e. The van der Waals surface area contributed by atoms with Crippen LogP contribution in [0.3, 0.4) is 0 Å². The summed E-state index contributed by atoms with van der Waals surface area (Å²) in [5, 5.41) is 10.6. The van der Waals surface area contributed by atoms with E-state index in [2.05, 4.69) is 39.0 Å². The normalized spacial score (nSPS) is 42.6. The monoisotopic (exact) mass is 290 g/mol. The van der Waals surface area contributed by atoms with Gasteiger partial charge in [-0.3, -0.25) is 0 Å². The second-order valence-corrected chi connectivity index (χ2v) is 8.41. The van der Waals surface area contributed by atoms with Crippen molar-refractivity contribution in [2.24, 2.45) is 23.2 Å². The Morgan fingerprint density at radius 2 is 1.95 bits per heavy atom. The van der Waals surface area contributed by atoms with Gasteiger partial charge in [0, 0.05) is 0 Å². The summed E-state index contributed by atoms with van der Waals surface area (Å²) in [6.07, 6.45) is 14.6. The van der Waals surface area contributed by atoms with E-state index in [4.69, 9.17) is 0 Å². The second kappa shape index (κ2) is 6.28. The lowest BCUT2D eigenvalue weighted by Crippen LogP contribution is -2.37. The zero-order valence-corrected chi connectivity index (χ0v) is 14.7. The van der Waals surface area contributed by atoms with Crippen LogP contribution in [0.4, 0.5) is 0 Å². The molecule has 0 aromatic heterocycles. The minimum atomic E-state index is -0.556. The maximum Gasteiger partial charge on any atom is 0.0622 e. The SMILES string of the molecule is C/C1=C\CC[C@@H](C)/C=C/[C@@]2(C)CC[C@@H](C(C)(C)O)C2CC1. The van der Waals surface area contributed by atoms with Crippen molar-refractivity contribution in [3.05, 3.63) is 23.8 Å². The highest BCUT2D eigenvalue weighted by Crippen LogP contribution is 2.53. The molecule has 0 aromatic rings. The molecular formula is C20H34O. The lowest BCUT2D eigenvalue weighted by molar-refractivity contribution is -0.0114. The van der Waals surface area contributed by atoms with Gasteiger partial charge < -0.3 is 5.11 Å². The number of aliphatic hydroxyl groups is 1. The Bertz CT molecular complexity index is 412. The van der Waals surface area contributed by atoms with Crippen molar-refractivity contribution in [2.45, 2.75) is 78.7 Å². The minimum Gasteiger partial charge on any atom is -0.390 e. The molecule has 21 heavy (non-hydrogen) atoms. The lowest BCUT2D eigenvalue weighted by atomic mass is 9.70. The zero-order chi connectivity index (χ0) is 15.7. The summed E-state index contributed by atoms with van der Waals surface area (Å²) in [6, 6.07) is 0. The molecular weight excluding hydrogens is 256 g/mol. The Morgan fingerprint density at radius 3 is 2.62 bits per heavy atom. The molecule has 0 saturated heterocycles. The minimum absolute atomic E-state index is 0.267. The van der Waals surface area contributed by atoms with Crippen LogP contribution in [0.1, 0.15) is 73.1 Å². The fraction of sp³-hybridized carbons (Fsp3) is 0.800. The van der Waals surface area contributed by atoms with Gasteiger partial charge in [-0.15, -0.1) is 0 Å². The van der Waals surface area contributed by atoms with Crippen molar-refractivity contribution in [2.75, 3.05) is 0 Å². The van der Waals surface area contributed by atoms with Gasteiger partial charge in [0.25, 0.3) is 0 Å². The van der Waals surface area contributed by atoms with Gasteiger partial charge in [-0.25, -0.2) is 0 Å². The summed E-state index contributed by atoms with van der Waals surface area (Å²) in [7, 11) is 0. The van der Waals surface area contributed by atoms with E-state index in [9.17, 15) is 5.11 Å². The van der Waals surface area contributed by atoms with E-state index >= 15 is 0 Å². The smallest absolute Gasteiger partial charge is 0.0622 e. The third-order valence-electron chi connectivity index (χ3n) is 6.00. The molecule has 1 heteroatoms. The van der Waals surface area contributed by atoms with Gasteiger partial charge in [0.1, 0.15) is 0 Å². The van der Waals surface area contributed by atoms with Gasteiger partial charge in [-0.1, -0.05) is 37.6 Å². The summed E-state index contributed by atoms with van der Waals surface area (Å²) in [6.45, 7) is 11.0. The predicted octanol–water partition coefficient (Wildman–Crippen LogP) is 5.50. The Labute approximate surface area is 131 Å². The lowest BCUT2D eigenvalue weighted by Gasteiger charge is -2.37. The van der Waals surface area contributed by atoms with Crippen molar-refractivity contribution in [3.8, 4) is 0 Å². The number of fused-ring (bicyclic) bond motifs is 1. The van der Waals surface area contributed by atoms with Gasteiger partial charge in [0.2, 0.25) is 0 Å². The maximum absolute atomic E-state index is 10.6. The molecule has 1 unspecified atom stereocenters. The van der Waals surface area contributed by atoms with E-state index in [0.29, 0.717) is 17.8 Å². The topological polar surface area (TPSA) is 20.2 Å². The fourth-order valence-corrected chi connectivity index (χ4v) is 4.45. The third-order valence-corrected chi connectivity index (χ3v) is 6.00. The van der Waals surface area contributed by atoms with E-state index in [-0.39, 0.29) is 5.41 Å². The summed E-state index contributed by atoms with van der Waals surface area (Å²) in [5.74, 6) is 1.68. The van der Waals surface area contributed by atoms with Crippen molar-refractivity contribution < 1.29 is 5.11 Å². The highest BCUT2D eigenvalue weighted by molar-refractivity contribution is 5.11. The molecule has 0 bridgehead atoms. The predicted molar refractivity (Wildman–Crippen MR) is 91.1 cm³/mol. The van der Waals surface area contributed by atoms with Crippen molar-refractivity contribution in [3.63, 3.8) is 0 Å². The van der Waals surface area contributed by atoms with Gasteiger partial charge in [0.05, 0.1) is 5.60 Å². The number of hydrogen-bond donors (Lipinski definition) is 1. The molecule has 0 heterocycles. The molecule has 1 nitrogen and oxygen atoms in total. The van der Waals surface area contributed by atoms with Gasteiger partial charge >= 0.3 is 0 Å². The first kappa shape index (κ1) is 16.8. The molecule has 0 amide bonds. The maximum atomic E-state index is 10.6. The van der Waals surface area contributed by atoms with Gasteiger partial charge in [0.15, 0.2) is 0 Å². The zero-order valence-electron chi connectivity index (χ0n) is 14.7. The fourth-order valence-electron chi connectivity index (χ4n) is 4.45. The second-order valence-electron chi connectivity index (χ2n) is 8.41. The summed E-state index contributed by atoms with van der Waals surface area (Å²) in [4.78, 5) is 0. The third kappa shape index (κ3) is 4.00. The van der Waals surface area contributed by atoms with Crippen LogP contribution in [0, 0.1) is 23.2 Å². The molecule has 2 aliphatic carbocycles. The molecule has 4 atom stereocenters. The van der Waals surface area contributed by atoms with Crippen LogP contribution in [0.2, 0.25) is 0 Å². The quantitative estimate of drug-likeness (QED) is 0.632. The molecule has 2 rings (SSSR count). The van der Waals surface area contributed by atoms with Crippen LogP contribution in [0.5, 0.6) is 0 Å². The Kier molecular flexibility index (Phi) is 5.03. The first-order valence-corrected chi connectivity index (χ1v) is 8.80. The molecule has 1 saturated carbocycles. The number of hydrogen-bond acceptors (Lipinski definition) is 1. The van der Waals surface area contributed by atoms with E-state index in [0.717, 1.165) is 6.42 Å². The van der Waals surface area contributed by atoms with Crippen molar-refractivity contribution in [1.29, 1.82) is 0 Å². The Morgan fingerprint density at radius 1 is 1.24 bits per heavy atom. The average molecular weight is 290 g/mol. The highest BCUT2D eigenvalue weighted by Gasteiger charge is 2.48. The van der Waals surface area contributed by atoms with Crippen LogP contribution in [-0.4, -0.2) is 10.7 Å². The number of rotatable bonds is 1. The first-order chi connectivity index (χ1) is 9.72. The van der Waals surface area contributed by atoms with Crippen LogP contribution in [0.15, 0.2) is 23.8 Å². The molecule has 0 aromatic carbocycles. The molecule has 120 valence electrons. The van der Waals surface area contributed by atoms with Gasteiger partial charge in [-0.2, -0.15) is 0 Å². The Balaban J connectivity index is 2.29. The van der Waals surface area contributed by atoms with E-state index in [1.165, 1.54) is 37.7 Å². The summed E-state index contributed by atoms with van der Waals surface area (Å²) in [5.41, 5.74) is 1.25. The van der Waals surface area contributed by atoms with Crippen LogP contribution in [-0.2, 0) is 0 Å². The van der Waals surface area contributed by atoms with E-state index < -0.39 is 5.60 Å². The number of allylic oxidation sites excluding steroid dienone is 4. The average Bonchev–Trinajstić information content (AvgIpc) is 2.70. The van der Waals surface area contributed by atoms with Crippen LogP contribution >= 0.6 is 0 Å². The molecule has 0 spiro atoms. The summed E-state index contributed by atoms with van der Waals surface area (Å²) >= 11 is 0. The molecule has 0 aliphatic heterocycles. The molecule has 2 aliphatic rings. The molecule has 1 N–H and O–H groups in total. The van der Waals surface area contributed by atoms with E-state index in [1.54, 1.807) is 0 Å². The first-order valence-electron chi connectivity index (χ1n) is 8.80. The molecule has 1 fully saturated rings. The van der Waals surface area contributed by atoms with Gasteiger partial charge in [-0.05, 0) is 82.5 Å².